The second-order valence-corrected chi connectivity index (χ2v) is 13.2. The van der Waals surface area contributed by atoms with Crippen LogP contribution in [0.25, 0.3) is 0 Å². The molecule has 0 aromatic rings. The minimum Gasteiger partial charge on any atom is -0.396 e. The number of ketones is 2. The van der Waals surface area contributed by atoms with Crippen molar-refractivity contribution in [2.45, 2.75) is 86.5 Å². The van der Waals surface area contributed by atoms with Crippen LogP contribution in [0.15, 0.2) is 34.9 Å². The van der Waals surface area contributed by atoms with Gasteiger partial charge in [-0.15, -0.1) is 0 Å². The largest absolute Gasteiger partial charge is 0.396 e. The first-order chi connectivity index (χ1) is 14.8. The minimum atomic E-state index is -0.337. The zero-order valence-electron chi connectivity index (χ0n) is 20.8. The number of aliphatic hydroxyl groups is 1. The highest BCUT2D eigenvalue weighted by Crippen LogP contribution is 2.75. The third-order valence-corrected chi connectivity index (χ3v) is 11.5. The van der Waals surface area contributed by atoms with Crippen LogP contribution in [0.3, 0.4) is 0 Å². The first kappa shape index (κ1) is 22.3. The van der Waals surface area contributed by atoms with Crippen molar-refractivity contribution >= 4 is 11.6 Å². The maximum Gasteiger partial charge on any atom is 0.222 e. The van der Waals surface area contributed by atoms with Crippen molar-refractivity contribution in [1.29, 1.82) is 0 Å². The molecule has 5 aliphatic carbocycles. The number of Topliss-reactive ketones (excluding diaryl/α,β-unsaturated/α-hetero) is 1. The fourth-order valence-electron chi connectivity index (χ4n) is 8.80. The van der Waals surface area contributed by atoms with Crippen molar-refractivity contribution < 1.29 is 14.7 Å². The van der Waals surface area contributed by atoms with E-state index in [1.807, 2.05) is 6.92 Å². The standard InChI is InChI=1S/C29H40O3/c1-18-19-7-8-22-27(4,20(19)15-21(31)24(18)32)12-14-29(6)23-16-25(2,17-30)9-10-26(23,3)11-13-28(22,29)5/h7-8,15,18,23,30H,9-14,16-17H2,1-6H3/t18?,23-,25-,26-,27+,28-,29+/m1/s1. The van der Waals surface area contributed by atoms with Crippen LogP contribution < -0.4 is 0 Å². The predicted octanol–water partition coefficient (Wildman–Crippen LogP) is 5.98. The van der Waals surface area contributed by atoms with Gasteiger partial charge < -0.3 is 5.11 Å². The highest BCUT2D eigenvalue weighted by Gasteiger charge is 2.66. The van der Waals surface area contributed by atoms with Gasteiger partial charge in [0, 0.05) is 17.9 Å². The molecule has 7 atom stereocenters. The molecule has 0 aliphatic heterocycles. The average Bonchev–Trinajstić information content (AvgIpc) is 2.76. The van der Waals surface area contributed by atoms with Crippen LogP contribution in [0.5, 0.6) is 0 Å². The molecule has 5 rings (SSSR count). The summed E-state index contributed by atoms with van der Waals surface area (Å²) in [5, 5.41) is 10.2. The van der Waals surface area contributed by atoms with Gasteiger partial charge in [-0.05, 0) is 89.7 Å². The van der Waals surface area contributed by atoms with E-state index in [9.17, 15) is 14.7 Å². The van der Waals surface area contributed by atoms with E-state index in [1.54, 1.807) is 6.08 Å². The van der Waals surface area contributed by atoms with Gasteiger partial charge in [0.2, 0.25) is 11.6 Å². The molecule has 3 heteroatoms. The highest BCUT2D eigenvalue weighted by atomic mass is 16.3. The average molecular weight is 437 g/mol. The summed E-state index contributed by atoms with van der Waals surface area (Å²) >= 11 is 0. The molecular formula is C29H40O3. The molecule has 3 saturated carbocycles. The van der Waals surface area contributed by atoms with Crippen molar-refractivity contribution in [3.63, 3.8) is 0 Å². The number of hydrogen-bond donors (Lipinski definition) is 1. The Bertz CT molecular complexity index is 1000. The Morgan fingerprint density at radius 3 is 2.31 bits per heavy atom. The summed E-state index contributed by atoms with van der Waals surface area (Å²) in [6.45, 7) is 14.3. The molecule has 5 aliphatic rings. The van der Waals surface area contributed by atoms with E-state index in [0.717, 1.165) is 36.8 Å². The van der Waals surface area contributed by atoms with E-state index < -0.39 is 0 Å². The first-order valence-electron chi connectivity index (χ1n) is 12.7. The fourth-order valence-corrected chi connectivity index (χ4v) is 8.80. The molecule has 0 aromatic carbocycles. The Kier molecular flexibility index (Phi) is 4.57. The number of fused-ring (bicyclic) bond motifs is 7. The smallest absolute Gasteiger partial charge is 0.222 e. The monoisotopic (exact) mass is 436 g/mol. The van der Waals surface area contributed by atoms with Crippen LogP contribution >= 0.6 is 0 Å². The van der Waals surface area contributed by atoms with Crippen molar-refractivity contribution in [2.75, 3.05) is 6.61 Å². The Morgan fingerprint density at radius 1 is 0.938 bits per heavy atom. The molecule has 174 valence electrons. The lowest BCUT2D eigenvalue weighted by molar-refractivity contribution is -0.165. The normalized spacial score (nSPS) is 50.3. The van der Waals surface area contributed by atoms with Crippen LogP contribution in [-0.2, 0) is 9.59 Å². The van der Waals surface area contributed by atoms with Crippen LogP contribution in [-0.4, -0.2) is 23.3 Å². The molecule has 0 heterocycles. The van der Waals surface area contributed by atoms with Crippen molar-refractivity contribution in [1.82, 2.24) is 0 Å². The Balaban J connectivity index is 1.64. The van der Waals surface area contributed by atoms with Crippen LogP contribution in [0, 0.1) is 38.9 Å². The lowest BCUT2D eigenvalue weighted by Crippen LogP contribution is -2.62. The van der Waals surface area contributed by atoms with E-state index in [4.69, 9.17) is 0 Å². The maximum atomic E-state index is 12.5. The zero-order chi connectivity index (χ0) is 23.3. The third-order valence-electron chi connectivity index (χ3n) is 11.5. The summed E-state index contributed by atoms with van der Waals surface area (Å²) < 4.78 is 0. The van der Waals surface area contributed by atoms with E-state index in [0.29, 0.717) is 11.3 Å². The van der Waals surface area contributed by atoms with E-state index in [-0.39, 0.29) is 45.8 Å². The first-order valence-corrected chi connectivity index (χ1v) is 12.7. The van der Waals surface area contributed by atoms with Gasteiger partial charge in [-0.2, -0.15) is 0 Å². The number of carbonyl (C=O) groups excluding carboxylic acids is 2. The molecular weight excluding hydrogens is 396 g/mol. The van der Waals surface area contributed by atoms with Gasteiger partial charge in [0.25, 0.3) is 0 Å². The van der Waals surface area contributed by atoms with Crippen LogP contribution in [0.1, 0.15) is 86.5 Å². The SMILES string of the molecule is CC1C(=O)C(=O)C=C2C1=CC=C1[C@@]2(C)CC[C@@]2(C)[C@@H]3C[C@](C)(CO)CC[C@]3(C)CC[C@]12C. The van der Waals surface area contributed by atoms with Gasteiger partial charge >= 0.3 is 0 Å². The molecule has 0 spiro atoms. The molecule has 0 amide bonds. The zero-order valence-corrected chi connectivity index (χ0v) is 20.8. The third kappa shape index (κ3) is 2.58. The predicted molar refractivity (Wildman–Crippen MR) is 127 cm³/mol. The molecule has 3 fully saturated rings. The Hall–Kier alpha value is -1.48. The quantitative estimate of drug-likeness (QED) is 0.515. The number of allylic oxidation sites excluding steroid dienone is 6. The molecule has 32 heavy (non-hydrogen) atoms. The Labute approximate surface area is 193 Å². The molecule has 0 bridgehead atoms. The van der Waals surface area contributed by atoms with Crippen LogP contribution in [0.4, 0.5) is 0 Å². The topological polar surface area (TPSA) is 54.4 Å². The van der Waals surface area contributed by atoms with Crippen LogP contribution in [0.2, 0.25) is 0 Å². The molecule has 0 radical (unpaired) electrons. The number of rotatable bonds is 1. The molecule has 3 nitrogen and oxygen atoms in total. The summed E-state index contributed by atoms with van der Waals surface area (Å²) in [4.78, 5) is 24.9. The molecule has 0 saturated heterocycles. The number of aliphatic hydroxyl groups excluding tert-OH is 1. The van der Waals surface area contributed by atoms with E-state index >= 15 is 0 Å². The summed E-state index contributed by atoms with van der Waals surface area (Å²) in [5.41, 5.74) is 4.03. The summed E-state index contributed by atoms with van der Waals surface area (Å²) in [5.74, 6) is -0.353. The Morgan fingerprint density at radius 2 is 1.62 bits per heavy atom. The van der Waals surface area contributed by atoms with Gasteiger partial charge in [-0.3, -0.25) is 9.59 Å². The summed E-state index contributed by atoms with van der Waals surface area (Å²) in [7, 11) is 0. The number of hydrogen-bond acceptors (Lipinski definition) is 3. The summed E-state index contributed by atoms with van der Waals surface area (Å²) in [6.07, 6.45) is 14.1. The van der Waals surface area contributed by atoms with Crippen molar-refractivity contribution in [3.8, 4) is 0 Å². The van der Waals surface area contributed by atoms with Crippen molar-refractivity contribution in [3.05, 3.63) is 34.9 Å². The fraction of sp³-hybridized carbons (Fsp3) is 0.724. The van der Waals surface area contributed by atoms with Gasteiger partial charge in [-0.1, -0.05) is 59.3 Å². The van der Waals surface area contributed by atoms with Gasteiger partial charge in [0.15, 0.2) is 0 Å². The van der Waals surface area contributed by atoms with Gasteiger partial charge in [-0.25, -0.2) is 0 Å². The van der Waals surface area contributed by atoms with E-state index in [2.05, 4.69) is 46.8 Å². The lowest BCUT2D eigenvalue weighted by Gasteiger charge is -2.70. The number of carbonyl (C=O) groups is 2. The molecule has 0 aromatic heterocycles. The van der Waals surface area contributed by atoms with Gasteiger partial charge in [0.1, 0.15) is 0 Å². The second kappa shape index (κ2) is 6.56. The minimum absolute atomic E-state index is 0.0221. The highest BCUT2D eigenvalue weighted by molar-refractivity contribution is 6.44. The second-order valence-electron chi connectivity index (χ2n) is 13.2. The lowest BCUT2D eigenvalue weighted by atomic mass is 9.34. The van der Waals surface area contributed by atoms with Crippen molar-refractivity contribution in [2.24, 2.45) is 38.9 Å². The molecule has 1 unspecified atom stereocenters. The molecule has 1 N–H and O–H groups in total. The van der Waals surface area contributed by atoms with Gasteiger partial charge in [0.05, 0.1) is 0 Å². The summed E-state index contributed by atoms with van der Waals surface area (Å²) in [6, 6.07) is 0. The van der Waals surface area contributed by atoms with E-state index in [1.165, 1.54) is 24.8 Å². The maximum absolute atomic E-state index is 12.5.